The van der Waals surface area contributed by atoms with Gasteiger partial charge in [-0.2, -0.15) is 0 Å². The van der Waals surface area contributed by atoms with Crippen molar-refractivity contribution in [1.82, 2.24) is 4.98 Å². The summed E-state index contributed by atoms with van der Waals surface area (Å²) in [6, 6.07) is 3.49. The third-order valence-corrected chi connectivity index (χ3v) is 3.75. The van der Waals surface area contributed by atoms with E-state index in [1.54, 1.807) is 18.3 Å². The molecule has 19 heavy (non-hydrogen) atoms. The molecule has 0 aliphatic heterocycles. The topological polar surface area (TPSA) is 80.7 Å². The molecule has 1 fully saturated rings. The maximum absolute atomic E-state index is 8.78. The Labute approximate surface area is 113 Å². The summed E-state index contributed by atoms with van der Waals surface area (Å²) in [5.74, 6) is 1.22. The van der Waals surface area contributed by atoms with Crippen LogP contribution < -0.4 is 10.5 Å². The Morgan fingerprint density at radius 2 is 2.42 bits per heavy atom. The predicted octanol–water partition coefficient (Wildman–Crippen LogP) is 2.52. The number of nitrogens with zero attached hydrogens (tertiary/aromatic N) is 2. The van der Waals surface area contributed by atoms with E-state index in [2.05, 4.69) is 17.1 Å². The SMILES string of the molecule is CCC1CCCC(Oc2ncccc2C(N)=NO)C1. The molecule has 0 aromatic carbocycles. The molecule has 2 rings (SSSR count). The highest BCUT2D eigenvalue weighted by molar-refractivity contribution is 5.98. The van der Waals surface area contributed by atoms with Crippen LogP contribution in [-0.4, -0.2) is 22.1 Å². The van der Waals surface area contributed by atoms with Crippen LogP contribution in [-0.2, 0) is 0 Å². The summed E-state index contributed by atoms with van der Waals surface area (Å²) in [4.78, 5) is 4.20. The fourth-order valence-electron chi connectivity index (χ4n) is 2.61. The van der Waals surface area contributed by atoms with Gasteiger partial charge in [-0.3, -0.25) is 0 Å². The van der Waals surface area contributed by atoms with Crippen molar-refractivity contribution in [3.05, 3.63) is 23.9 Å². The molecule has 104 valence electrons. The van der Waals surface area contributed by atoms with E-state index in [0.717, 1.165) is 18.8 Å². The van der Waals surface area contributed by atoms with Crippen LogP contribution in [0.1, 0.15) is 44.6 Å². The van der Waals surface area contributed by atoms with Crippen molar-refractivity contribution in [2.75, 3.05) is 0 Å². The van der Waals surface area contributed by atoms with Crippen LogP contribution in [0.5, 0.6) is 5.88 Å². The summed E-state index contributed by atoms with van der Waals surface area (Å²) in [6.45, 7) is 2.22. The fourth-order valence-corrected chi connectivity index (χ4v) is 2.61. The number of pyridine rings is 1. The molecule has 2 atom stereocenters. The average Bonchev–Trinajstić information content (AvgIpc) is 2.47. The number of oxime groups is 1. The summed E-state index contributed by atoms with van der Waals surface area (Å²) in [6.07, 6.45) is 7.60. The summed E-state index contributed by atoms with van der Waals surface area (Å²) in [7, 11) is 0. The molecule has 0 radical (unpaired) electrons. The summed E-state index contributed by atoms with van der Waals surface area (Å²) in [5, 5.41) is 11.8. The van der Waals surface area contributed by atoms with Crippen molar-refractivity contribution in [2.45, 2.75) is 45.1 Å². The van der Waals surface area contributed by atoms with Gasteiger partial charge < -0.3 is 15.7 Å². The lowest BCUT2D eigenvalue weighted by Gasteiger charge is -2.28. The van der Waals surface area contributed by atoms with E-state index in [4.69, 9.17) is 15.7 Å². The van der Waals surface area contributed by atoms with Gasteiger partial charge >= 0.3 is 0 Å². The molecule has 1 aliphatic rings. The average molecular weight is 263 g/mol. The zero-order chi connectivity index (χ0) is 13.7. The minimum atomic E-state index is 0.0333. The van der Waals surface area contributed by atoms with Crippen molar-refractivity contribution >= 4 is 5.84 Å². The van der Waals surface area contributed by atoms with E-state index < -0.39 is 0 Å². The van der Waals surface area contributed by atoms with E-state index in [1.807, 2.05) is 0 Å². The second-order valence-corrected chi connectivity index (χ2v) is 5.02. The number of aromatic nitrogens is 1. The third kappa shape index (κ3) is 3.36. The Kier molecular flexibility index (Phi) is 4.60. The lowest BCUT2D eigenvalue weighted by atomic mass is 9.85. The number of hydrogen-bond acceptors (Lipinski definition) is 4. The zero-order valence-corrected chi connectivity index (χ0v) is 11.2. The minimum Gasteiger partial charge on any atom is -0.474 e. The van der Waals surface area contributed by atoms with E-state index in [9.17, 15) is 0 Å². The lowest BCUT2D eigenvalue weighted by molar-refractivity contribution is 0.117. The molecule has 0 amide bonds. The molecule has 2 unspecified atom stereocenters. The molecular weight excluding hydrogens is 242 g/mol. The molecule has 0 saturated heterocycles. The minimum absolute atomic E-state index is 0.0333. The third-order valence-electron chi connectivity index (χ3n) is 3.75. The van der Waals surface area contributed by atoms with Gasteiger partial charge in [-0.1, -0.05) is 24.9 Å². The molecule has 5 nitrogen and oxygen atoms in total. The Balaban J connectivity index is 2.10. The van der Waals surface area contributed by atoms with E-state index in [0.29, 0.717) is 11.4 Å². The smallest absolute Gasteiger partial charge is 0.224 e. The maximum Gasteiger partial charge on any atom is 0.224 e. The molecule has 1 aromatic rings. The van der Waals surface area contributed by atoms with E-state index >= 15 is 0 Å². The van der Waals surface area contributed by atoms with Crippen LogP contribution in [0.3, 0.4) is 0 Å². The van der Waals surface area contributed by atoms with E-state index in [1.165, 1.54) is 19.3 Å². The van der Waals surface area contributed by atoms with Crippen molar-refractivity contribution in [3.63, 3.8) is 0 Å². The second kappa shape index (κ2) is 6.41. The van der Waals surface area contributed by atoms with Gasteiger partial charge in [-0.15, -0.1) is 0 Å². The normalized spacial score (nSPS) is 24.2. The van der Waals surface area contributed by atoms with Gasteiger partial charge in [0, 0.05) is 6.20 Å². The van der Waals surface area contributed by atoms with Gasteiger partial charge in [0.15, 0.2) is 5.84 Å². The van der Waals surface area contributed by atoms with E-state index in [-0.39, 0.29) is 11.9 Å². The summed E-state index contributed by atoms with van der Waals surface area (Å²) in [5.41, 5.74) is 6.18. The lowest BCUT2D eigenvalue weighted by Crippen LogP contribution is -2.27. The van der Waals surface area contributed by atoms with Crippen molar-refractivity contribution < 1.29 is 9.94 Å². The Morgan fingerprint density at radius 3 is 3.16 bits per heavy atom. The standard InChI is InChI=1S/C14H21N3O2/c1-2-10-5-3-6-11(9-10)19-14-12(13(15)17-18)7-4-8-16-14/h4,7-8,10-11,18H,2-3,5-6,9H2,1H3,(H2,15,17). The largest absolute Gasteiger partial charge is 0.474 e. The van der Waals surface area contributed by atoms with Gasteiger partial charge in [0.05, 0.1) is 5.56 Å². The first-order valence-electron chi connectivity index (χ1n) is 6.84. The van der Waals surface area contributed by atoms with Crippen LogP contribution in [0.4, 0.5) is 0 Å². The zero-order valence-electron chi connectivity index (χ0n) is 11.2. The van der Waals surface area contributed by atoms with Gasteiger partial charge in [-0.05, 0) is 37.3 Å². The van der Waals surface area contributed by atoms with Crippen molar-refractivity contribution in [1.29, 1.82) is 0 Å². The molecule has 1 saturated carbocycles. The molecule has 0 spiro atoms. The number of amidine groups is 1. The number of rotatable bonds is 4. The Bertz CT molecular complexity index is 448. The molecule has 1 heterocycles. The first-order chi connectivity index (χ1) is 9.24. The molecule has 5 heteroatoms. The van der Waals surface area contributed by atoms with Crippen LogP contribution in [0.25, 0.3) is 0 Å². The molecule has 1 aromatic heterocycles. The van der Waals surface area contributed by atoms with Crippen LogP contribution in [0.2, 0.25) is 0 Å². The van der Waals surface area contributed by atoms with Gasteiger partial charge in [0.25, 0.3) is 0 Å². The summed E-state index contributed by atoms with van der Waals surface area (Å²) < 4.78 is 5.96. The quantitative estimate of drug-likeness (QED) is 0.378. The van der Waals surface area contributed by atoms with Crippen molar-refractivity contribution in [3.8, 4) is 5.88 Å². The monoisotopic (exact) mass is 263 g/mol. The Morgan fingerprint density at radius 1 is 1.58 bits per heavy atom. The number of hydrogen-bond donors (Lipinski definition) is 2. The van der Waals surface area contributed by atoms with Gasteiger partial charge in [0.1, 0.15) is 6.10 Å². The van der Waals surface area contributed by atoms with Crippen molar-refractivity contribution in [2.24, 2.45) is 16.8 Å². The molecular formula is C14H21N3O2. The molecule has 0 bridgehead atoms. The second-order valence-electron chi connectivity index (χ2n) is 5.02. The number of ether oxygens (including phenoxy) is 1. The van der Waals surface area contributed by atoms with Crippen LogP contribution in [0, 0.1) is 5.92 Å². The first-order valence-corrected chi connectivity index (χ1v) is 6.84. The highest BCUT2D eigenvalue weighted by atomic mass is 16.5. The first kappa shape index (κ1) is 13.6. The Hall–Kier alpha value is -1.78. The van der Waals surface area contributed by atoms with Crippen LogP contribution >= 0.6 is 0 Å². The fraction of sp³-hybridized carbons (Fsp3) is 0.571. The molecule has 1 aliphatic carbocycles. The highest BCUT2D eigenvalue weighted by Crippen LogP contribution is 2.29. The maximum atomic E-state index is 8.78. The highest BCUT2D eigenvalue weighted by Gasteiger charge is 2.23. The molecule has 3 N–H and O–H groups in total. The predicted molar refractivity (Wildman–Crippen MR) is 73.4 cm³/mol. The van der Waals surface area contributed by atoms with Crippen LogP contribution in [0.15, 0.2) is 23.5 Å². The van der Waals surface area contributed by atoms with Gasteiger partial charge in [0.2, 0.25) is 5.88 Å². The number of nitrogens with two attached hydrogens (primary N) is 1. The van der Waals surface area contributed by atoms with Gasteiger partial charge in [-0.25, -0.2) is 4.98 Å². The summed E-state index contributed by atoms with van der Waals surface area (Å²) >= 11 is 0.